The first-order valence-corrected chi connectivity index (χ1v) is 12.1. The SMILES string of the molecule is CCCCCCOc1ccc(Nc2ncc(C(F)(F)F)c(Nc3cccc(C(C)CC)c3)n2)cc1. The van der Waals surface area contributed by atoms with Gasteiger partial charge in [0.2, 0.25) is 5.95 Å². The first kappa shape index (κ1) is 26.3. The molecule has 8 heteroatoms. The first-order chi connectivity index (χ1) is 16.8. The third kappa shape index (κ3) is 7.87. The predicted octanol–water partition coefficient (Wildman–Crippen LogP) is 8.46. The molecule has 1 atom stereocenters. The fourth-order valence-electron chi connectivity index (χ4n) is 3.52. The van der Waals surface area contributed by atoms with Gasteiger partial charge in [0.05, 0.1) is 6.61 Å². The molecule has 188 valence electrons. The third-order valence-corrected chi connectivity index (χ3v) is 5.80. The van der Waals surface area contributed by atoms with Crippen molar-refractivity contribution in [1.82, 2.24) is 9.97 Å². The Morgan fingerprint density at radius 3 is 2.40 bits per heavy atom. The number of rotatable bonds is 12. The van der Waals surface area contributed by atoms with Crippen molar-refractivity contribution < 1.29 is 17.9 Å². The molecular weight excluding hydrogens is 453 g/mol. The van der Waals surface area contributed by atoms with Crippen LogP contribution in [0.15, 0.2) is 54.7 Å². The van der Waals surface area contributed by atoms with E-state index >= 15 is 0 Å². The number of anilines is 4. The summed E-state index contributed by atoms with van der Waals surface area (Å²) in [6, 6.07) is 14.6. The Balaban J connectivity index is 1.74. The van der Waals surface area contributed by atoms with Crippen LogP contribution in [0.3, 0.4) is 0 Å². The monoisotopic (exact) mass is 486 g/mol. The van der Waals surface area contributed by atoms with Crippen LogP contribution < -0.4 is 15.4 Å². The highest BCUT2D eigenvalue weighted by Crippen LogP contribution is 2.36. The molecule has 1 aromatic heterocycles. The van der Waals surface area contributed by atoms with E-state index < -0.39 is 11.7 Å². The summed E-state index contributed by atoms with van der Waals surface area (Å²) in [6.07, 6.45) is 1.65. The van der Waals surface area contributed by atoms with Gasteiger partial charge >= 0.3 is 6.18 Å². The Morgan fingerprint density at radius 2 is 1.71 bits per heavy atom. The van der Waals surface area contributed by atoms with E-state index in [-0.39, 0.29) is 11.8 Å². The maximum absolute atomic E-state index is 13.6. The van der Waals surface area contributed by atoms with E-state index in [1.807, 2.05) is 30.3 Å². The van der Waals surface area contributed by atoms with Gasteiger partial charge in [-0.05, 0) is 60.7 Å². The molecule has 1 unspecified atom stereocenters. The normalized spacial score (nSPS) is 12.3. The van der Waals surface area contributed by atoms with E-state index in [0.717, 1.165) is 36.8 Å². The molecule has 0 amide bonds. The summed E-state index contributed by atoms with van der Waals surface area (Å²) in [4.78, 5) is 8.03. The largest absolute Gasteiger partial charge is 0.494 e. The topological polar surface area (TPSA) is 59.1 Å². The van der Waals surface area contributed by atoms with Gasteiger partial charge in [-0.15, -0.1) is 0 Å². The lowest BCUT2D eigenvalue weighted by atomic mass is 9.98. The molecule has 0 radical (unpaired) electrons. The minimum absolute atomic E-state index is 0.0619. The van der Waals surface area contributed by atoms with E-state index in [1.54, 1.807) is 18.2 Å². The molecule has 2 N–H and O–H groups in total. The standard InChI is InChI=1S/C27H33F3N4O/c1-4-6-7-8-16-35-23-14-12-21(13-15-23)33-26-31-18-24(27(28,29)30)25(34-26)32-22-11-9-10-20(17-22)19(3)5-2/h9-15,17-19H,4-8,16H2,1-3H3,(H2,31,32,33,34). The van der Waals surface area contributed by atoms with Crippen LogP contribution in [-0.4, -0.2) is 16.6 Å². The Labute approximate surface area is 205 Å². The van der Waals surface area contributed by atoms with Crippen LogP contribution in [0.25, 0.3) is 0 Å². The summed E-state index contributed by atoms with van der Waals surface area (Å²) in [5.74, 6) is 0.795. The molecule has 0 saturated carbocycles. The van der Waals surface area contributed by atoms with Gasteiger partial charge in [0, 0.05) is 17.6 Å². The van der Waals surface area contributed by atoms with Crippen LogP contribution >= 0.6 is 0 Å². The van der Waals surface area contributed by atoms with Gasteiger partial charge in [0.1, 0.15) is 17.1 Å². The molecule has 2 aromatic carbocycles. The molecule has 1 heterocycles. The average molecular weight is 487 g/mol. The quantitative estimate of drug-likeness (QED) is 0.252. The highest BCUT2D eigenvalue weighted by molar-refractivity contribution is 5.63. The molecule has 3 rings (SSSR count). The van der Waals surface area contributed by atoms with Gasteiger partial charge in [-0.1, -0.05) is 52.2 Å². The van der Waals surface area contributed by atoms with Crippen molar-refractivity contribution in [3.63, 3.8) is 0 Å². The fraction of sp³-hybridized carbons (Fsp3) is 0.407. The lowest BCUT2D eigenvalue weighted by molar-refractivity contribution is -0.137. The zero-order valence-corrected chi connectivity index (χ0v) is 20.5. The molecule has 0 fully saturated rings. The smallest absolute Gasteiger partial charge is 0.421 e. The molecule has 35 heavy (non-hydrogen) atoms. The van der Waals surface area contributed by atoms with Gasteiger partial charge < -0.3 is 15.4 Å². The number of hydrogen-bond donors (Lipinski definition) is 2. The highest BCUT2D eigenvalue weighted by atomic mass is 19.4. The lowest BCUT2D eigenvalue weighted by Gasteiger charge is -2.16. The Bertz CT molecular complexity index is 1070. The molecule has 0 aliphatic heterocycles. The number of benzene rings is 2. The molecule has 0 saturated heterocycles. The van der Waals surface area contributed by atoms with E-state index in [2.05, 4.69) is 41.4 Å². The number of halogens is 3. The van der Waals surface area contributed by atoms with Crippen molar-refractivity contribution in [3.05, 3.63) is 65.9 Å². The van der Waals surface area contributed by atoms with E-state index in [9.17, 15) is 13.2 Å². The molecule has 3 aromatic rings. The van der Waals surface area contributed by atoms with Crippen molar-refractivity contribution >= 4 is 23.1 Å². The number of nitrogens with one attached hydrogen (secondary N) is 2. The summed E-state index contributed by atoms with van der Waals surface area (Å²) < 4.78 is 46.6. The maximum atomic E-state index is 13.6. The number of alkyl halides is 3. The van der Waals surface area contributed by atoms with E-state index in [0.29, 0.717) is 23.9 Å². The number of unbranched alkanes of at least 4 members (excludes halogenated alkanes) is 3. The van der Waals surface area contributed by atoms with Crippen molar-refractivity contribution in [2.75, 3.05) is 17.2 Å². The number of aromatic nitrogens is 2. The predicted molar refractivity (Wildman–Crippen MR) is 135 cm³/mol. The average Bonchev–Trinajstić information content (AvgIpc) is 2.84. The summed E-state index contributed by atoms with van der Waals surface area (Å²) >= 11 is 0. The molecule has 0 aliphatic rings. The van der Waals surface area contributed by atoms with Crippen LogP contribution in [0.4, 0.5) is 36.3 Å². The molecule has 0 aliphatic carbocycles. The minimum atomic E-state index is -4.59. The molecule has 0 spiro atoms. The van der Waals surface area contributed by atoms with Crippen molar-refractivity contribution in [1.29, 1.82) is 0 Å². The van der Waals surface area contributed by atoms with E-state index in [1.165, 1.54) is 12.8 Å². The minimum Gasteiger partial charge on any atom is -0.494 e. The second-order valence-electron chi connectivity index (χ2n) is 8.57. The zero-order valence-electron chi connectivity index (χ0n) is 20.5. The van der Waals surface area contributed by atoms with Crippen LogP contribution in [0.5, 0.6) is 5.75 Å². The first-order valence-electron chi connectivity index (χ1n) is 12.1. The third-order valence-electron chi connectivity index (χ3n) is 5.80. The molecule has 0 bridgehead atoms. The van der Waals surface area contributed by atoms with Crippen molar-refractivity contribution in [2.24, 2.45) is 0 Å². The van der Waals surface area contributed by atoms with Gasteiger partial charge in [-0.2, -0.15) is 18.2 Å². The second-order valence-corrected chi connectivity index (χ2v) is 8.57. The van der Waals surface area contributed by atoms with Crippen molar-refractivity contribution in [3.8, 4) is 5.75 Å². The highest BCUT2D eigenvalue weighted by Gasteiger charge is 2.35. The Morgan fingerprint density at radius 1 is 0.943 bits per heavy atom. The number of hydrogen-bond acceptors (Lipinski definition) is 5. The zero-order chi connectivity index (χ0) is 25.3. The van der Waals surface area contributed by atoms with Gasteiger partial charge in [-0.3, -0.25) is 0 Å². The van der Waals surface area contributed by atoms with E-state index in [4.69, 9.17) is 4.74 Å². The second kappa shape index (κ2) is 12.4. The van der Waals surface area contributed by atoms with Crippen molar-refractivity contribution in [2.45, 2.75) is 65.0 Å². The summed E-state index contributed by atoms with van der Waals surface area (Å²) in [5.41, 5.74) is 1.31. The summed E-state index contributed by atoms with van der Waals surface area (Å²) in [5, 5.41) is 5.81. The van der Waals surface area contributed by atoms with Gasteiger partial charge in [-0.25, -0.2) is 4.98 Å². The van der Waals surface area contributed by atoms with Crippen LogP contribution in [-0.2, 0) is 6.18 Å². The van der Waals surface area contributed by atoms with Crippen LogP contribution in [0, 0.1) is 0 Å². The molecule has 5 nitrogen and oxygen atoms in total. The summed E-state index contributed by atoms with van der Waals surface area (Å²) in [6.45, 7) is 6.97. The number of nitrogens with zero attached hydrogens (tertiary/aromatic N) is 2. The maximum Gasteiger partial charge on any atom is 0.421 e. The Kier molecular flexibility index (Phi) is 9.34. The fourth-order valence-corrected chi connectivity index (χ4v) is 3.52. The Hall–Kier alpha value is -3.29. The van der Waals surface area contributed by atoms with Crippen LogP contribution in [0.2, 0.25) is 0 Å². The summed E-state index contributed by atoms with van der Waals surface area (Å²) in [7, 11) is 0. The van der Waals surface area contributed by atoms with Crippen LogP contribution in [0.1, 0.15) is 69.9 Å². The number of ether oxygens (including phenoxy) is 1. The van der Waals surface area contributed by atoms with Gasteiger partial charge in [0.25, 0.3) is 0 Å². The van der Waals surface area contributed by atoms with Gasteiger partial charge in [0.15, 0.2) is 0 Å². The molecular formula is C27H33F3N4O. The lowest BCUT2D eigenvalue weighted by Crippen LogP contribution is -2.12.